The van der Waals surface area contributed by atoms with Crippen LogP contribution in [0.4, 0.5) is 0 Å². The summed E-state index contributed by atoms with van der Waals surface area (Å²) in [5, 5.41) is 28.8. The van der Waals surface area contributed by atoms with Crippen LogP contribution < -0.4 is 11.2 Å². The predicted molar refractivity (Wildman–Crippen MR) is 115 cm³/mol. The van der Waals surface area contributed by atoms with Gasteiger partial charge in [-0.15, -0.1) is 0 Å². The van der Waals surface area contributed by atoms with Gasteiger partial charge in [0, 0.05) is 50.0 Å². The summed E-state index contributed by atoms with van der Waals surface area (Å²) in [6.07, 6.45) is 10.4. The van der Waals surface area contributed by atoms with Gasteiger partial charge in [-0.2, -0.15) is 15.3 Å². The van der Waals surface area contributed by atoms with Gasteiger partial charge in [-0.05, 0) is 42.9 Å². The molecule has 1 aliphatic carbocycles. The summed E-state index contributed by atoms with van der Waals surface area (Å²) < 4.78 is 1.73. The Balaban J connectivity index is 1.37. The smallest absolute Gasteiger partial charge is 0.125 e. The number of hydrogen-bond acceptors (Lipinski definition) is 7. The molecule has 8 nitrogen and oxygen atoms in total. The number of benzene rings is 1. The van der Waals surface area contributed by atoms with Crippen LogP contribution >= 0.6 is 0 Å². The van der Waals surface area contributed by atoms with Crippen molar-refractivity contribution in [1.82, 2.24) is 20.1 Å². The van der Waals surface area contributed by atoms with Crippen LogP contribution in [0.3, 0.4) is 0 Å². The Morgan fingerprint density at radius 1 is 1.34 bits per heavy atom. The number of rotatable bonds is 7. The molecule has 2 aliphatic rings. The maximum absolute atomic E-state index is 10.5. The van der Waals surface area contributed by atoms with Crippen LogP contribution in [0.25, 0.3) is 11.1 Å². The maximum Gasteiger partial charge on any atom is 0.125 e. The first-order valence-corrected chi connectivity index (χ1v) is 10.2. The monoisotopic (exact) mass is 395 g/mol. The minimum Gasteiger partial charge on any atom is -0.507 e. The van der Waals surface area contributed by atoms with Gasteiger partial charge in [-0.3, -0.25) is 9.69 Å². The van der Waals surface area contributed by atoms with Gasteiger partial charge < -0.3 is 16.3 Å². The number of phenolic OH excluding ortho intramolecular Hbond substituents is 1. The highest BCUT2D eigenvalue weighted by molar-refractivity contribution is 6.38. The fourth-order valence-electron chi connectivity index (χ4n) is 3.84. The average molecular weight is 396 g/mol. The third-order valence-corrected chi connectivity index (χ3v) is 5.86. The quantitative estimate of drug-likeness (QED) is 0.377. The molecule has 1 aromatic carbocycles. The molecule has 0 amide bonds. The van der Waals surface area contributed by atoms with Crippen molar-refractivity contribution in [3.63, 3.8) is 0 Å². The van der Waals surface area contributed by atoms with Crippen LogP contribution in [-0.2, 0) is 7.05 Å². The Morgan fingerprint density at radius 2 is 2.21 bits per heavy atom. The molecule has 1 unspecified atom stereocenters. The molecule has 0 radical (unpaired) electrons. The van der Waals surface area contributed by atoms with E-state index in [2.05, 4.69) is 25.6 Å². The highest BCUT2D eigenvalue weighted by Crippen LogP contribution is 2.26. The first-order valence-electron chi connectivity index (χ1n) is 10.2. The highest BCUT2D eigenvalue weighted by atomic mass is 16.3. The minimum atomic E-state index is 0.117. The second-order valence-corrected chi connectivity index (χ2v) is 8.00. The van der Waals surface area contributed by atoms with Crippen molar-refractivity contribution in [2.45, 2.75) is 31.7 Å². The Labute approximate surface area is 171 Å². The first-order chi connectivity index (χ1) is 14.1. The Kier molecular flexibility index (Phi) is 5.80. The molecule has 1 aromatic heterocycles. The Morgan fingerprint density at radius 3 is 2.86 bits per heavy atom. The lowest BCUT2D eigenvalue weighted by Gasteiger charge is -2.27. The largest absolute Gasteiger partial charge is 0.507 e. The van der Waals surface area contributed by atoms with E-state index in [0.29, 0.717) is 17.2 Å². The van der Waals surface area contributed by atoms with Crippen LogP contribution in [0, 0.1) is 5.92 Å². The van der Waals surface area contributed by atoms with Crippen LogP contribution in [0.15, 0.2) is 40.8 Å². The number of aromatic hydroxyl groups is 1. The van der Waals surface area contributed by atoms with Crippen molar-refractivity contribution in [2.24, 2.45) is 29.0 Å². The molecule has 29 heavy (non-hydrogen) atoms. The van der Waals surface area contributed by atoms with Gasteiger partial charge in [0.25, 0.3) is 0 Å². The standard InChI is InChI=1S/C21H29N7O/c1-27-14-17(11-24-27)16-5-6-19(21(29)9-16)20(26-22)12-25-28-8-7-15(13-28)10-23-18-3-2-4-18/h5-6,9,11-12,14-15,18,23,29H,2-4,7-8,10,13,22H2,1H3. The maximum atomic E-state index is 10.5. The summed E-state index contributed by atoms with van der Waals surface area (Å²) in [7, 11) is 1.86. The number of aromatic nitrogens is 2. The summed E-state index contributed by atoms with van der Waals surface area (Å²) in [4.78, 5) is 0. The summed E-state index contributed by atoms with van der Waals surface area (Å²) in [6.45, 7) is 2.92. The number of nitrogens with one attached hydrogen (secondary N) is 1. The lowest BCUT2D eigenvalue weighted by molar-refractivity contribution is 0.303. The number of nitrogens with zero attached hydrogens (tertiary/aromatic N) is 5. The van der Waals surface area contributed by atoms with E-state index >= 15 is 0 Å². The third kappa shape index (κ3) is 4.59. The zero-order valence-electron chi connectivity index (χ0n) is 16.8. The minimum absolute atomic E-state index is 0.117. The van der Waals surface area contributed by atoms with Crippen molar-refractivity contribution in [1.29, 1.82) is 0 Å². The Bertz CT molecular complexity index is 900. The molecule has 0 bridgehead atoms. The predicted octanol–water partition coefficient (Wildman–Crippen LogP) is 1.91. The van der Waals surface area contributed by atoms with Gasteiger partial charge in [0.15, 0.2) is 0 Å². The van der Waals surface area contributed by atoms with Crippen LogP contribution in [0.1, 0.15) is 31.2 Å². The topological polar surface area (TPSA) is 104 Å². The van der Waals surface area contributed by atoms with Gasteiger partial charge in [-0.25, -0.2) is 0 Å². The SMILES string of the molecule is Cn1cc(-c2ccc(C(C=NN3CCC(CNC4CCC4)C3)=NN)c(O)c2)cn1. The summed E-state index contributed by atoms with van der Waals surface area (Å²) in [6, 6.07) is 6.15. The van der Waals surface area contributed by atoms with Gasteiger partial charge >= 0.3 is 0 Å². The molecule has 4 rings (SSSR count). The van der Waals surface area contributed by atoms with Gasteiger partial charge in [-0.1, -0.05) is 12.5 Å². The molecule has 2 aromatic rings. The van der Waals surface area contributed by atoms with Gasteiger partial charge in [0.2, 0.25) is 0 Å². The van der Waals surface area contributed by atoms with Gasteiger partial charge in [0.1, 0.15) is 11.5 Å². The molecule has 0 spiro atoms. The molecule has 1 saturated heterocycles. The second kappa shape index (κ2) is 8.65. The van der Waals surface area contributed by atoms with E-state index < -0.39 is 0 Å². The van der Waals surface area contributed by atoms with Gasteiger partial charge in [0.05, 0.1) is 12.4 Å². The van der Waals surface area contributed by atoms with Crippen molar-refractivity contribution < 1.29 is 5.11 Å². The van der Waals surface area contributed by atoms with Crippen molar-refractivity contribution >= 4 is 11.9 Å². The first kappa shape index (κ1) is 19.4. The molecule has 2 heterocycles. The fraction of sp³-hybridized carbons (Fsp3) is 0.476. The number of phenols is 1. The van der Waals surface area contributed by atoms with Crippen molar-refractivity contribution in [3.05, 3.63) is 36.2 Å². The van der Waals surface area contributed by atoms with E-state index in [9.17, 15) is 5.11 Å². The fourth-order valence-corrected chi connectivity index (χ4v) is 3.84. The third-order valence-electron chi connectivity index (χ3n) is 5.86. The molecule has 1 aliphatic heterocycles. The molecule has 154 valence electrons. The zero-order valence-corrected chi connectivity index (χ0v) is 16.8. The van der Waals surface area contributed by atoms with E-state index in [1.807, 2.05) is 25.4 Å². The molecule has 1 saturated carbocycles. The Hall–Kier alpha value is -2.87. The van der Waals surface area contributed by atoms with Crippen molar-refractivity contribution in [3.8, 4) is 16.9 Å². The zero-order chi connectivity index (χ0) is 20.2. The number of nitrogens with two attached hydrogens (primary N) is 1. The van der Waals surface area contributed by atoms with Crippen LogP contribution in [0.2, 0.25) is 0 Å². The number of hydrogen-bond donors (Lipinski definition) is 3. The van der Waals surface area contributed by atoms with E-state index in [4.69, 9.17) is 5.84 Å². The highest BCUT2D eigenvalue weighted by Gasteiger charge is 2.24. The van der Waals surface area contributed by atoms with E-state index in [-0.39, 0.29) is 5.75 Å². The molecular formula is C21H29N7O. The average Bonchev–Trinajstić information content (AvgIpc) is 3.31. The molecular weight excluding hydrogens is 366 g/mol. The van der Waals surface area contributed by atoms with Crippen LogP contribution in [-0.4, -0.2) is 57.5 Å². The normalized spacial score (nSPS) is 20.5. The van der Waals surface area contributed by atoms with E-state index in [1.54, 1.807) is 23.2 Å². The molecule has 4 N–H and O–H groups in total. The van der Waals surface area contributed by atoms with E-state index in [0.717, 1.165) is 43.2 Å². The lowest BCUT2D eigenvalue weighted by atomic mass is 9.92. The summed E-state index contributed by atoms with van der Waals surface area (Å²) >= 11 is 0. The molecule has 1 atom stereocenters. The number of aryl methyl sites for hydroxylation is 1. The summed E-state index contributed by atoms with van der Waals surface area (Å²) in [5.41, 5.74) is 2.84. The second-order valence-electron chi connectivity index (χ2n) is 8.00. The van der Waals surface area contributed by atoms with E-state index in [1.165, 1.54) is 19.3 Å². The van der Waals surface area contributed by atoms with Crippen molar-refractivity contribution in [2.75, 3.05) is 19.6 Å². The van der Waals surface area contributed by atoms with Crippen LogP contribution in [0.5, 0.6) is 5.75 Å². The summed E-state index contributed by atoms with van der Waals surface area (Å²) in [5.74, 6) is 6.32. The number of hydrazone groups is 2. The lowest BCUT2D eigenvalue weighted by Crippen LogP contribution is -2.38. The molecule has 2 fully saturated rings. The molecule has 8 heteroatoms.